The van der Waals surface area contributed by atoms with Crippen LogP contribution in [0.25, 0.3) is 0 Å². The molecule has 0 spiro atoms. The summed E-state index contributed by atoms with van der Waals surface area (Å²) in [6.45, 7) is 2.52. The molecule has 0 aromatic carbocycles. The van der Waals surface area contributed by atoms with Gasteiger partial charge in [0.15, 0.2) is 6.10 Å². The standard InChI is InChI=1S/C11H18F6O4S/c1-2-3-7-20-8-5-4-6-9(10(12,13)14)21-22(18,19)11(15,16)17/h9H,2-8H2,1H3. The summed E-state index contributed by atoms with van der Waals surface area (Å²) in [5.74, 6) is 0. The van der Waals surface area contributed by atoms with E-state index in [0.717, 1.165) is 12.8 Å². The molecule has 0 saturated carbocycles. The minimum absolute atomic E-state index is 0.149. The molecular formula is C11H18F6O4S. The van der Waals surface area contributed by atoms with Crippen molar-refractivity contribution in [1.29, 1.82) is 0 Å². The summed E-state index contributed by atoms with van der Waals surface area (Å²) in [6, 6.07) is 0. The predicted octanol–water partition coefficient (Wildman–Crippen LogP) is 3.77. The summed E-state index contributed by atoms with van der Waals surface area (Å²) in [4.78, 5) is 0. The first-order valence-electron chi connectivity index (χ1n) is 6.56. The van der Waals surface area contributed by atoms with E-state index < -0.39 is 34.3 Å². The normalized spacial score (nSPS) is 15.0. The van der Waals surface area contributed by atoms with Crippen molar-refractivity contribution in [3.63, 3.8) is 0 Å². The quantitative estimate of drug-likeness (QED) is 0.258. The van der Waals surface area contributed by atoms with Crippen LogP contribution in [0, 0.1) is 0 Å². The molecule has 0 aromatic rings. The van der Waals surface area contributed by atoms with Crippen LogP contribution in [0.4, 0.5) is 26.3 Å². The van der Waals surface area contributed by atoms with Gasteiger partial charge in [-0.3, -0.25) is 4.18 Å². The van der Waals surface area contributed by atoms with Crippen LogP contribution in [0.5, 0.6) is 0 Å². The van der Waals surface area contributed by atoms with E-state index in [1.54, 1.807) is 0 Å². The van der Waals surface area contributed by atoms with Crippen LogP contribution in [0.15, 0.2) is 0 Å². The molecule has 0 aliphatic heterocycles. The third-order valence-electron chi connectivity index (χ3n) is 2.54. The first-order chi connectivity index (χ1) is 9.92. The zero-order chi connectivity index (χ0) is 17.4. The van der Waals surface area contributed by atoms with Gasteiger partial charge >= 0.3 is 21.8 Å². The average molecular weight is 360 g/mol. The van der Waals surface area contributed by atoms with Gasteiger partial charge in [0.1, 0.15) is 0 Å². The second-order valence-electron chi connectivity index (χ2n) is 4.49. The Balaban J connectivity index is 4.40. The molecule has 0 radical (unpaired) electrons. The van der Waals surface area contributed by atoms with E-state index in [-0.39, 0.29) is 19.4 Å². The first kappa shape index (κ1) is 21.4. The Labute approximate surface area is 124 Å². The molecule has 0 saturated heterocycles. The van der Waals surface area contributed by atoms with E-state index in [1.165, 1.54) is 0 Å². The number of alkyl halides is 6. The fraction of sp³-hybridized carbons (Fsp3) is 1.00. The van der Waals surface area contributed by atoms with Gasteiger partial charge in [-0.05, 0) is 25.7 Å². The molecule has 1 unspecified atom stereocenters. The fourth-order valence-electron chi connectivity index (χ4n) is 1.36. The van der Waals surface area contributed by atoms with Crippen molar-refractivity contribution in [3.8, 4) is 0 Å². The van der Waals surface area contributed by atoms with Crippen molar-refractivity contribution in [3.05, 3.63) is 0 Å². The van der Waals surface area contributed by atoms with Crippen molar-refractivity contribution >= 4 is 10.1 Å². The molecule has 0 N–H and O–H groups in total. The number of hydrogen-bond acceptors (Lipinski definition) is 4. The monoisotopic (exact) mass is 360 g/mol. The molecule has 0 fully saturated rings. The van der Waals surface area contributed by atoms with Crippen LogP contribution in [0.2, 0.25) is 0 Å². The Morgan fingerprint density at radius 2 is 1.50 bits per heavy atom. The van der Waals surface area contributed by atoms with Gasteiger partial charge in [0, 0.05) is 13.2 Å². The molecular weight excluding hydrogens is 342 g/mol. The van der Waals surface area contributed by atoms with Crippen LogP contribution in [-0.2, 0) is 19.0 Å². The Kier molecular flexibility index (Phi) is 8.70. The van der Waals surface area contributed by atoms with Crippen molar-refractivity contribution in [2.45, 2.75) is 56.8 Å². The number of hydrogen-bond donors (Lipinski definition) is 0. The molecule has 134 valence electrons. The second-order valence-corrected chi connectivity index (χ2v) is 6.05. The van der Waals surface area contributed by atoms with Gasteiger partial charge in [-0.15, -0.1) is 0 Å². The lowest BCUT2D eigenvalue weighted by atomic mass is 10.1. The van der Waals surface area contributed by atoms with E-state index >= 15 is 0 Å². The summed E-state index contributed by atoms with van der Waals surface area (Å²) < 4.78 is 103. The molecule has 11 heteroatoms. The zero-order valence-corrected chi connectivity index (χ0v) is 12.7. The van der Waals surface area contributed by atoms with Crippen molar-refractivity contribution in [1.82, 2.24) is 0 Å². The Morgan fingerprint density at radius 3 is 1.95 bits per heavy atom. The molecule has 0 heterocycles. The molecule has 0 aliphatic rings. The molecule has 1 atom stereocenters. The third kappa shape index (κ3) is 8.18. The van der Waals surface area contributed by atoms with E-state index in [9.17, 15) is 34.8 Å². The number of unbranched alkanes of at least 4 members (excludes halogenated alkanes) is 2. The SMILES string of the molecule is CCCCOCCCCC(OS(=O)(=O)C(F)(F)F)C(F)(F)F. The van der Waals surface area contributed by atoms with Gasteiger partial charge in [0.25, 0.3) is 0 Å². The van der Waals surface area contributed by atoms with Crippen molar-refractivity contribution < 1.29 is 43.7 Å². The summed E-state index contributed by atoms with van der Waals surface area (Å²) in [7, 11) is -6.29. The number of rotatable bonds is 10. The molecule has 0 aliphatic carbocycles. The van der Waals surface area contributed by atoms with Gasteiger partial charge in [-0.1, -0.05) is 13.3 Å². The Bertz CT molecular complexity index is 404. The highest BCUT2D eigenvalue weighted by Gasteiger charge is 2.53. The minimum atomic E-state index is -6.29. The first-order valence-corrected chi connectivity index (χ1v) is 7.96. The van der Waals surface area contributed by atoms with E-state index in [0.29, 0.717) is 6.61 Å². The smallest absolute Gasteiger partial charge is 0.381 e. The maximum atomic E-state index is 12.5. The Morgan fingerprint density at radius 1 is 0.955 bits per heavy atom. The molecule has 0 aromatic heterocycles. The maximum Gasteiger partial charge on any atom is 0.523 e. The highest BCUT2D eigenvalue weighted by molar-refractivity contribution is 7.87. The molecule has 22 heavy (non-hydrogen) atoms. The lowest BCUT2D eigenvalue weighted by Crippen LogP contribution is -2.38. The molecule has 0 rings (SSSR count). The van der Waals surface area contributed by atoms with Crippen LogP contribution >= 0.6 is 0 Å². The third-order valence-corrected chi connectivity index (χ3v) is 3.59. The average Bonchev–Trinajstić information content (AvgIpc) is 2.33. The van der Waals surface area contributed by atoms with Crippen molar-refractivity contribution in [2.24, 2.45) is 0 Å². The topological polar surface area (TPSA) is 52.6 Å². The predicted molar refractivity (Wildman–Crippen MR) is 65.5 cm³/mol. The Hall–Kier alpha value is -0.550. The van der Waals surface area contributed by atoms with Crippen LogP contribution < -0.4 is 0 Å². The molecule has 0 amide bonds. The molecule has 4 nitrogen and oxygen atoms in total. The molecule has 0 bridgehead atoms. The van der Waals surface area contributed by atoms with Gasteiger partial charge < -0.3 is 4.74 Å². The summed E-state index contributed by atoms with van der Waals surface area (Å²) in [6.07, 6.45) is -7.46. The van der Waals surface area contributed by atoms with Crippen LogP contribution in [0.1, 0.15) is 39.0 Å². The minimum Gasteiger partial charge on any atom is -0.381 e. The van der Waals surface area contributed by atoms with E-state index in [4.69, 9.17) is 4.74 Å². The second kappa shape index (κ2) is 8.92. The van der Waals surface area contributed by atoms with Gasteiger partial charge in [-0.2, -0.15) is 34.8 Å². The van der Waals surface area contributed by atoms with Gasteiger partial charge in [0.05, 0.1) is 0 Å². The fourth-order valence-corrected chi connectivity index (χ4v) is 1.98. The summed E-state index contributed by atoms with van der Waals surface area (Å²) in [5.41, 5.74) is -5.89. The van der Waals surface area contributed by atoms with E-state index in [1.807, 2.05) is 6.92 Å². The van der Waals surface area contributed by atoms with Crippen molar-refractivity contribution in [2.75, 3.05) is 13.2 Å². The van der Waals surface area contributed by atoms with Gasteiger partial charge in [-0.25, -0.2) is 0 Å². The van der Waals surface area contributed by atoms with Crippen LogP contribution in [0.3, 0.4) is 0 Å². The zero-order valence-electron chi connectivity index (χ0n) is 11.8. The summed E-state index contributed by atoms with van der Waals surface area (Å²) >= 11 is 0. The van der Waals surface area contributed by atoms with E-state index in [2.05, 4.69) is 4.18 Å². The highest BCUT2D eigenvalue weighted by atomic mass is 32.2. The lowest BCUT2D eigenvalue weighted by molar-refractivity contribution is -0.199. The highest BCUT2D eigenvalue weighted by Crippen LogP contribution is 2.33. The maximum absolute atomic E-state index is 12.5. The summed E-state index contributed by atoms with van der Waals surface area (Å²) in [5, 5.41) is 0. The largest absolute Gasteiger partial charge is 0.523 e. The van der Waals surface area contributed by atoms with Crippen LogP contribution in [-0.4, -0.2) is 39.4 Å². The lowest BCUT2D eigenvalue weighted by Gasteiger charge is -2.20. The number of ether oxygens (including phenoxy) is 1. The number of halogens is 6. The van der Waals surface area contributed by atoms with Gasteiger partial charge in [0.2, 0.25) is 0 Å².